The van der Waals surface area contributed by atoms with Crippen molar-refractivity contribution >= 4 is 15.9 Å². The van der Waals surface area contributed by atoms with Crippen LogP contribution in [0.2, 0.25) is 0 Å². The first-order valence-corrected chi connectivity index (χ1v) is 6.00. The van der Waals surface area contributed by atoms with Gasteiger partial charge in [0.15, 0.2) is 0 Å². The van der Waals surface area contributed by atoms with Gasteiger partial charge in [-0.15, -0.1) is 0 Å². The van der Waals surface area contributed by atoms with Gasteiger partial charge in [0.2, 0.25) is 0 Å². The lowest BCUT2D eigenvalue weighted by Crippen LogP contribution is -2.07. The maximum absolute atomic E-state index is 13.5. The third kappa shape index (κ3) is 2.00. The molecular weight excluding hydrogens is 243 g/mol. The SMILES string of the molecule is CC(C1CC1)C(Br)c1ccccc1F. The second-order valence-corrected chi connectivity index (χ2v) is 5.11. The van der Waals surface area contributed by atoms with E-state index in [0.29, 0.717) is 5.92 Å². The summed E-state index contributed by atoms with van der Waals surface area (Å²) < 4.78 is 13.5. The monoisotopic (exact) mass is 256 g/mol. The van der Waals surface area contributed by atoms with Gasteiger partial charge in [0.05, 0.1) is 0 Å². The molecule has 1 fully saturated rings. The van der Waals surface area contributed by atoms with Gasteiger partial charge in [0.1, 0.15) is 5.82 Å². The molecule has 2 rings (SSSR count). The van der Waals surface area contributed by atoms with Crippen LogP contribution in [0.15, 0.2) is 24.3 Å². The van der Waals surface area contributed by atoms with Gasteiger partial charge in [0, 0.05) is 10.4 Å². The lowest BCUT2D eigenvalue weighted by Gasteiger charge is -2.18. The normalized spacial score (nSPS) is 20.5. The average Bonchev–Trinajstić information content (AvgIpc) is 3.00. The van der Waals surface area contributed by atoms with Gasteiger partial charge in [-0.05, 0) is 30.7 Å². The molecule has 0 amide bonds. The third-order valence-corrected chi connectivity index (χ3v) is 4.36. The molecule has 0 saturated heterocycles. The average molecular weight is 257 g/mol. The molecule has 14 heavy (non-hydrogen) atoms. The van der Waals surface area contributed by atoms with E-state index in [9.17, 15) is 4.39 Å². The molecule has 0 N–H and O–H groups in total. The summed E-state index contributed by atoms with van der Waals surface area (Å²) in [4.78, 5) is 0.163. The van der Waals surface area contributed by atoms with Crippen LogP contribution >= 0.6 is 15.9 Å². The molecule has 0 aromatic heterocycles. The molecule has 2 heteroatoms. The Morgan fingerprint density at radius 3 is 2.57 bits per heavy atom. The Morgan fingerprint density at radius 2 is 2.00 bits per heavy atom. The molecule has 0 aliphatic heterocycles. The second kappa shape index (κ2) is 4.01. The molecule has 76 valence electrons. The van der Waals surface area contributed by atoms with Gasteiger partial charge < -0.3 is 0 Å². The Hall–Kier alpha value is -0.370. The van der Waals surface area contributed by atoms with Crippen LogP contribution in [0.4, 0.5) is 4.39 Å². The van der Waals surface area contributed by atoms with Gasteiger partial charge >= 0.3 is 0 Å². The van der Waals surface area contributed by atoms with E-state index >= 15 is 0 Å². The van der Waals surface area contributed by atoms with Gasteiger partial charge in [-0.1, -0.05) is 41.1 Å². The quantitative estimate of drug-likeness (QED) is 0.708. The molecule has 2 atom stereocenters. The summed E-state index contributed by atoms with van der Waals surface area (Å²) in [6.45, 7) is 2.20. The molecule has 0 heterocycles. The van der Waals surface area contributed by atoms with Crippen LogP contribution in [0.5, 0.6) is 0 Å². The molecule has 0 spiro atoms. The fraction of sp³-hybridized carbons (Fsp3) is 0.500. The Morgan fingerprint density at radius 1 is 1.36 bits per heavy atom. The van der Waals surface area contributed by atoms with Crippen molar-refractivity contribution < 1.29 is 4.39 Å². The predicted octanol–water partition coefficient (Wildman–Crippen LogP) is 4.31. The topological polar surface area (TPSA) is 0 Å². The lowest BCUT2D eigenvalue weighted by atomic mass is 9.96. The van der Waals surface area contributed by atoms with Crippen molar-refractivity contribution in [1.82, 2.24) is 0 Å². The molecule has 2 unspecified atom stereocenters. The number of hydrogen-bond donors (Lipinski definition) is 0. The Balaban J connectivity index is 2.17. The molecule has 1 aliphatic rings. The highest BCUT2D eigenvalue weighted by atomic mass is 79.9. The van der Waals surface area contributed by atoms with Gasteiger partial charge in [0.25, 0.3) is 0 Å². The van der Waals surface area contributed by atoms with E-state index in [2.05, 4.69) is 22.9 Å². The van der Waals surface area contributed by atoms with Crippen molar-refractivity contribution in [2.45, 2.75) is 24.6 Å². The van der Waals surface area contributed by atoms with E-state index in [1.54, 1.807) is 6.07 Å². The van der Waals surface area contributed by atoms with Crippen molar-refractivity contribution in [3.05, 3.63) is 35.6 Å². The third-order valence-electron chi connectivity index (χ3n) is 3.03. The molecular formula is C12H14BrF. The summed E-state index contributed by atoms with van der Waals surface area (Å²) in [5.74, 6) is 1.23. The van der Waals surface area contributed by atoms with Crippen molar-refractivity contribution in [3.8, 4) is 0 Å². The Bertz CT molecular complexity index is 320. The highest BCUT2D eigenvalue weighted by Crippen LogP contribution is 2.46. The summed E-state index contributed by atoms with van der Waals surface area (Å²) in [6.07, 6.45) is 2.61. The van der Waals surface area contributed by atoms with Gasteiger partial charge in [-0.25, -0.2) is 4.39 Å². The first-order chi connectivity index (χ1) is 6.70. The maximum Gasteiger partial charge on any atom is 0.127 e. The van der Waals surface area contributed by atoms with Crippen LogP contribution in [-0.4, -0.2) is 0 Å². The zero-order chi connectivity index (χ0) is 10.1. The maximum atomic E-state index is 13.5. The van der Waals surface area contributed by atoms with Crippen LogP contribution < -0.4 is 0 Å². The first kappa shape index (κ1) is 10.2. The minimum atomic E-state index is -0.0955. The van der Waals surface area contributed by atoms with Crippen LogP contribution in [0.3, 0.4) is 0 Å². The Kier molecular flexibility index (Phi) is 2.91. The minimum absolute atomic E-state index is 0.0955. The summed E-state index contributed by atoms with van der Waals surface area (Å²) in [7, 11) is 0. The lowest BCUT2D eigenvalue weighted by molar-refractivity contribution is 0.486. The van der Waals surface area contributed by atoms with E-state index in [1.807, 2.05) is 12.1 Å². The van der Waals surface area contributed by atoms with Crippen LogP contribution in [0.25, 0.3) is 0 Å². The van der Waals surface area contributed by atoms with E-state index in [-0.39, 0.29) is 10.6 Å². The first-order valence-electron chi connectivity index (χ1n) is 5.08. The van der Waals surface area contributed by atoms with Crippen molar-refractivity contribution in [3.63, 3.8) is 0 Å². The molecule has 1 aromatic rings. The van der Waals surface area contributed by atoms with Crippen molar-refractivity contribution in [1.29, 1.82) is 0 Å². The van der Waals surface area contributed by atoms with E-state index in [0.717, 1.165) is 11.5 Å². The molecule has 1 aromatic carbocycles. The number of halogens is 2. The van der Waals surface area contributed by atoms with Crippen molar-refractivity contribution in [2.75, 3.05) is 0 Å². The zero-order valence-electron chi connectivity index (χ0n) is 8.21. The molecule has 0 radical (unpaired) electrons. The van der Waals surface area contributed by atoms with Gasteiger partial charge in [-0.2, -0.15) is 0 Å². The van der Waals surface area contributed by atoms with Crippen LogP contribution in [0, 0.1) is 17.7 Å². The Labute approximate surface area is 92.6 Å². The zero-order valence-corrected chi connectivity index (χ0v) is 9.80. The van der Waals surface area contributed by atoms with Crippen LogP contribution in [0.1, 0.15) is 30.2 Å². The highest BCUT2D eigenvalue weighted by molar-refractivity contribution is 9.09. The molecule has 0 bridgehead atoms. The van der Waals surface area contributed by atoms with E-state index < -0.39 is 0 Å². The fourth-order valence-corrected chi connectivity index (χ4v) is 2.65. The second-order valence-electron chi connectivity index (χ2n) is 4.12. The van der Waals surface area contributed by atoms with E-state index in [1.165, 1.54) is 18.9 Å². The van der Waals surface area contributed by atoms with Crippen LogP contribution in [-0.2, 0) is 0 Å². The highest BCUT2D eigenvalue weighted by Gasteiger charge is 2.33. The standard InChI is InChI=1S/C12H14BrF/c1-8(9-6-7-9)12(13)10-4-2-3-5-11(10)14/h2-5,8-9,12H,6-7H2,1H3. The molecule has 1 saturated carbocycles. The fourth-order valence-electron chi connectivity index (χ4n) is 1.84. The summed E-state index contributed by atoms with van der Waals surface area (Å²) >= 11 is 3.60. The minimum Gasteiger partial charge on any atom is -0.207 e. The summed E-state index contributed by atoms with van der Waals surface area (Å²) in [5, 5.41) is 0. The van der Waals surface area contributed by atoms with Gasteiger partial charge in [-0.3, -0.25) is 0 Å². The predicted molar refractivity (Wildman–Crippen MR) is 60.0 cm³/mol. The number of rotatable bonds is 3. The molecule has 0 nitrogen and oxygen atoms in total. The summed E-state index contributed by atoms with van der Waals surface area (Å²) in [6, 6.07) is 7.03. The number of hydrogen-bond acceptors (Lipinski definition) is 0. The van der Waals surface area contributed by atoms with Crippen molar-refractivity contribution in [2.24, 2.45) is 11.8 Å². The number of benzene rings is 1. The number of alkyl halides is 1. The smallest absolute Gasteiger partial charge is 0.127 e. The summed E-state index contributed by atoms with van der Waals surface area (Å²) in [5.41, 5.74) is 0.798. The molecule has 1 aliphatic carbocycles. The largest absolute Gasteiger partial charge is 0.207 e. The van der Waals surface area contributed by atoms with E-state index in [4.69, 9.17) is 0 Å².